The molecule has 1 aliphatic rings. The SMILES string of the molecule is CCCCCCCC/C=C/CCCCCCCC(=O)NCCCN1C(=O)C=CC1=O. The molecule has 0 unspecified atom stereocenters. The minimum atomic E-state index is -0.264. The molecule has 1 heterocycles. The van der Waals surface area contributed by atoms with Gasteiger partial charge in [-0.2, -0.15) is 0 Å². The van der Waals surface area contributed by atoms with Crippen LogP contribution in [-0.2, 0) is 14.4 Å². The van der Waals surface area contributed by atoms with E-state index in [-0.39, 0.29) is 17.7 Å². The summed E-state index contributed by atoms with van der Waals surface area (Å²) in [7, 11) is 0. The molecule has 170 valence electrons. The minimum absolute atomic E-state index is 0.0600. The molecule has 3 amide bonds. The van der Waals surface area contributed by atoms with Crippen molar-refractivity contribution in [2.24, 2.45) is 0 Å². The number of amides is 3. The van der Waals surface area contributed by atoms with Crippen LogP contribution in [0.3, 0.4) is 0 Å². The number of allylic oxidation sites excluding steroid dienone is 2. The average Bonchev–Trinajstić information content (AvgIpc) is 3.06. The molecule has 0 saturated carbocycles. The minimum Gasteiger partial charge on any atom is -0.356 e. The summed E-state index contributed by atoms with van der Waals surface area (Å²) >= 11 is 0. The van der Waals surface area contributed by atoms with Crippen LogP contribution in [0.2, 0.25) is 0 Å². The number of nitrogens with zero attached hydrogens (tertiary/aromatic N) is 1. The van der Waals surface area contributed by atoms with E-state index >= 15 is 0 Å². The van der Waals surface area contributed by atoms with Crippen LogP contribution in [0.5, 0.6) is 0 Å². The molecule has 1 N–H and O–H groups in total. The van der Waals surface area contributed by atoms with Gasteiger partial charge >= 0.3 is 0 Å². The first-order valence-electron chi connectivity index (χ1n) is 12.1. The van der Waals surface area contributed by atoms with Crippen molar-refractivity contribution in [3.63, 3.8) is 0 Å². The number of unbranched alkanes of at least 4 members (excludes halogenated alkanes) is 11. The molecule has 5 heteroatoms. The maximum absolute atomic E-state index is 11.8. The number of rotatable bonds is 19. The maximum atomic E-state index is 11.8. The zero-order chi connectivity index (χ0) is 21.9. The summed E-state index contributed by atoms with van der Waals surface area (Å²) in [4.78, 5) is 35.8. The number of nitrogens with one attached hydrogen (secondary N) is 1. The van der Waals surface area contributed by atoms with Gasteiger partial charge in [-0.05, 0) is 38.5 Å². The van der Waals surface area contributed by atoms with Gasteiger partial charge in [-0.15, -0.1) is 0 Å². The van der Waals surface area contributed by atoms with Crippen LogP contribution in [0.4, 0.5) is 0 Å². The standard InChI is InChI=1S/C25H42N2O3/c1-2-3-4-5-6-7-8-9-10-11-12-13-14-15-16-18-23(28)26-21-17-22-27-24(29)19-20-25(27)30/h9-10,19-20H,2-8,11-18,21-22H2,1H3,(H,26,28)/b10-9+. The molecule has 0 aromatic heterocycles. The number of carbonyl (C=O) groups excluding carboxylic acids is 3. The first-order valence-corrected chi connectivity index (χ1v) is 12.1. The zero-order valence-corrected chi connectivity index (χ0v) is 19.0. The van der Waals surface area contributed by atoms with Crippen LogP contribution >= 0.6 is 0 Å². The fourth-order valence-corrected chi connectivity index (χ4v) is 3.56. The molecule has 0 radical (unpaired) electrons. The van der Waals surface area contributed by atoms with Crippen molar-refractivity contribution < 1.29 is 14.4 Å². The van der Waals surface area contributed by atoms with Gasteiger partial charge in [0.1, 0.15) is 0 Å². The van der Waals surface area contributed by atoms with Crippen LogP contribution in [-0.4, -0.2) is 35.7 Å². The summed E-state index contributed by atoms with van der Waals surface area (Å²) in [6, 6.07) is 0. The van der Waals surface area contributed by atoms with E-state index in [1.165, 1.54) is 87.7 Å². The topological polar surface area (TPSA) is 66.5 Å². The average molecular weight is 419 g/mol. The van der Waals surface area contributed by atoms with Crippen molar-refractivity contribution in [2.45, 2.75) is 103 Å². The summed E-state index contributed by atoms with van der Waals surface area (Å²) < 4.78 is 0. The lowest BCUT2D eigenvalue weighted by molar-refractivity contribution is -0.136. The van der Waals surface area contributed by atoms with E-state index in [0.29, 0.717) is 25.9 Å². The van der Waals surface area contributed by atoms with Gasteiger partial charge in [0.2, 0.25) is 5.91 Å². The molecule has 5 nitrogen and oxygen atoms in total. The van der Waals surface area contributed by atoms with E-state index in [9.17, 15) is 14.4 Å². The largest absolute Gasteiger partial charge is 0.356 e. The highest BCUT2D eigenvalue weighted by atomic mass is 16.2. The molecular weight excluding hydrogens is 376 g/mol. The van der Waals surface area contributed by atoms with Gasteiger partial charge in [-0.3, -0.25) is 19.3 Å². The van der Waals surface area contributed by atoms with Crippen LogP contribution in [0.25, 0.3) is 0 Å². The monoisotopic (exact) mass is 418 g/mol. The third-order valence-corrected chi connectivity index (χ3v) is 5.45. The van der Waals surface area contributed by atoms with Crippen molar-refractivity contribution in [1.82, 2.24) is 10.2 Å². The molecule has 1 rings (SSSR count). The Balaban J connectivity index is 1.82. The molecule has 0 fully saturated rings. The summed E-state index contributed by atoms with van der Waals surface area (Å²) in [5.74, 6) is -0.468. The Morgan fingerprint density at radius 2 is 1.33 bits per heavy atom. The molecule has 1 aliphatic heterocycles. The van der Waals surface area contributed by atoms with Crippen LogP contribution in [0.1, 0.15) is 103 Å². The fourth-order valence-electron chi connectivity index (χ4n) is 3.56. The molecule has 0 aromatic rings. The molecular formula is C25H42N2O3. The molecule has 0 aromatic carbocycles. The third-order valence-electron chi connectivity index (χ3n) is 5.45. The molecule has 0 atom stereocenters. The second kappa shape index (κ2) is 17.9. The Bertz CT molecular complexity index is 537. The quantitative estimate of drug-likeness (QED) is 0.172. The Hall–Kier alpha value is -1.91. The summed E-state index contributed by atoms with van der Waals surface area (Å²) in [5.41, 5.74) is 0. The summed E-state index contributed by atoms with van der Waals surface area (Å²) in [5, 5.41) is 2.87. The summed E-state index contributed by atoms with van der Waals surface area (Å²) in [6.07, 6.45) is 24.6. The lowest BCUT2D eigenvalue weighted by Crippen LogP contribution is -2.33. The fraction of sp³-hybridized carbons (Fsp3) is 0.720. The number of hydrogen-bond acceptors (Lipinski definition) is 3. The van der Waals surface area contributed by atoms with Crippen molar-refractivity contribution in [3.8, 4) is 0 Å². The van der Waals surface area contributed by atoms with Gasteiger partial charge in [0.15, 0.2) is 0 Å². The van der Waals surface area contributed by atoms with E-state index in [0.717, 1.165) is 12.8 Å². The number of hydrogen-bond donors (Lipinski definition) is 1. The van der Waals surface area contributed by atoms with Gasteiger partial charge in [-0.25, -0.2) is 0 Å². The molecule has 30 heavy (non-hydrogen) atoms. The normalized spacial score (nSPS) is 13.7. The van der Waals surface area contributed by atoms with E-state index in [1.807, 2.05) is 0 Å². The van der Waals surface area contributed by atoms with Gasteiger partial charge in [-0.1, -0.05) is 70.4 Å². The molecule has 0 saturated heterocycles. The van der Waals surface area contributed by atoms with Crippen LogP contribution in [0, 0.1) is 0 Å². The highest BCUT2D eigenvalue weighted by molar-refractivity contribution is 6.12. The van der Waals surface area contributed by atoms with Gasteiger partial charge < -0.3 is 5.32 Å². The van der Waals surface area contributed by atoms with Gasteiger partial charge in [0.25, 0.3) is 11.8 Å². The zero-order valence-electron chi connectivity index (χ0n) is 19.0. The lowest BCUT2D eigenvalue weighted by Gasteiger charge is -2.13. The van der Waals surface area contributed by atoms with Gasteiger partial charge in [0, 0.05) is 31.7 Å². The first-order chi connectivity index (χ1) is 14.6. The van der Waals surface area contributed by atoms with E-state index in [4.69, 9.17) is 0 Å². The Morgan fingerprint density at radius 3 is 1.93 bits per heavy atom. The number of imide groups is 1. The van der Waals surface area contributed by atoms with Crippen molar-refractivity contribution in [3.05, 3.63) is 24.3 Å². The second-order valence-electron chi connectivity index (χ2n) is 8.20. The first kappa shape index (κ1) is 26.1. The maximum Gasteiger partial charge on any atom is 0.253 e. The Morgan fingerprint density at radius 1 is 0.800 bits per heavy atom. The van der Waals surface area contributed by atoms with E-state index in [1.54, 1.807) is 0 Å². The Kier molecular flexibility index (Phi) is 15.6. The summed E-state index contributed by atoms with van der Waals surface area (Å²) in [6.45, 7) is 3.12. The van der Waals surface area contributed by atoms with Crippen LogP contribution < -0.4 is 5.32 Å². The highest BCUT2D eigenvalue weighted by Gasteiger charge is 2.22. The highest BCUT2D eigenvalue weighted by Crippen LogP contribution is 2.10. The smallest absolute Gasteiger partial charge is 0.253 e. The Labute approximate surface area is 183 Å². The van der Waals surface area contributed by atoms with Crippen molar-refractivity contribution in [1.29, 1.82) is 0 Å². The second-order valence-corrected chi connectivity index (χ2v) is 8.20. The predicted octanol–water partition coefficient (Wildman–Crippen LogP) is 5.46. The number of carbonyl (C=O) groups is 3. The molecule has 0 spiro atoms. The third kappa shape index (κ3) is 13.3. The van der Waals surface area contributed by atoms with Crippen molar-refractivity contribution >= 4 is 17.7 Å². The lowest BCUT2D eigenvalue weighted by atomic mass is 10.1. The van der Waals surface area contributed by atoms with Gasteiger partial charge in [0.05, 0.1) is 0 Å². The van der Waals surface area contributed by atoms with E-state index < -0.39 is 0 Å². The van der Waals surface area contributed by atoms with Crippen molar-refractivity contribution in [2.75, 3.05) is 13.1 Å². The molecule has 0 aliphatic carbocycles. The predicted molar refractivity (Wildman–Crippen MR) is 123 cm³/mol. The van der Waals surface area contributed by atoms with E-state index in [2.05, 4.69) is 24.4 Å². The van der Waals surface area contributed by atoms with Crippen LogP contribution in [0.15, 0.2) is 24.3 Å². The molecule has 0 bridgehead atoms.